The fraction of sp³-hybridized carbons (Fsp3) is 0.231. The van der Waals surface area contributed by atoms with Crippen molar-refractivity contribution in [2.45, 2.75) is 33.7 Å². The highest BCUT2D eigenvalue weighted by Gasteiger charge is 2.13. The summed E-state index contributed by atoms with van der Waals surface area (Å²) in [4.78, 5) is 8.12. The Balaban J connectivity index is 1.81. The molecule has 0 amide bonds. The topological polar surface area (TPSA) is 69.4 Å². The highest BCUT2D eigenvalue weighted by atomic mass is 15.2. The molecule has 0 aliphatic rings. The van der Waals surface area contributed by atoms with Gasteiger partial charge in [-0.3, -0.25) is 5.10 Å². The molecule has 1 atom stereocenters. The zero-order valence-corrected chi connectivity index (χ0v) is 18.5. The molecular weight excluding hydrogens is 382 g/mol. The van der Waals surface area contributed by atoms with Crippen LogP contribution in [0.4, 0.5) is 0 Å². The number of benzene rings is 1. The summed E-state index contributed by atoms with van der Waals surface area (Å²) in [5.41, 5.74) is 7.01. The molecular formula is C26H29N5. The van der Waals surface area contributed by atoms with Crippen molar-refractivity contribution < 1.29 is 0 Å². The van der Waals surface area contributed by atoms with Gasteiger partial charge in [0.05, 0.1) is 11.4 Å². The van der Waals surface area contributed by atoms with Gasteiger partial charge in [0, 0.05) is 39.8 Å². The van der Waals surface area contributed by atoms with Crippen LogP contribution >= 0.6 is 0 Å². The van der Waals surface area contributed by atoms with Crippen molar-refractivity contribution in [3.8, 4) is 11.4 Å². The summed E-state index contributed by atoms with van der Waals surface area (Å²) in [7, 11) is 0. The molecule has 0 saturated heterocycles. The van der Waals surface area contributed by atoms with Crippen LogP contribution in [0.1, 0.15) is 33.3 Å². The maximum atomic E-state index is 4.63. The fourth-order valence-electron chi connectivity index (χ4n) is 3.78. The maximum absolute atomic E-state index is 4.63. The number of pyridine rings is 1. The standard InChI is InChI=1S/C26H29N5/c1-6-17(4)11-20(12-18(5)28-16(2)3)21-13-22-25(30-31-26(22)27-15-21)24-14-19-9-7-8-10-23(19)29-24/h6-17,28-29H,1H2,2-5H3,(H,27,30,31)/b18-12+,20-11+/t17-/m0/s1. The number of aromatic amines is 2. The molecule has 3 aromatic heterocycles. The van der Waals surface area contributed by atoms with E-state index in [2.05, 4.69) is 96.2 Å². The molecule has 3 N–H and O–H groups in total. The number of para-hydroxylation sites is 1. The fourth-order valence-corrected chi connectivity index (χ4v) is 3.78. The van der Waals surface area contributed by atoms with Gasteiger partial charge in [0.1, 0.15) is 0 Å². The van der Waals surface area contributed by atoms with Crippen LogP contribution < -0.4 is 5.32 Å². The number of hydrogen-bond acceptors (Lipinski definition) is 3. The van der Waals surface area contributed by atoms with Crippen molar-refractivity contribution in [1.29, 1.82) is 0 Å². The Morgan fingerprint density at radius 1 is 1.16 bits per heavy atom. The first-order valence-corrected chi connectivity index (χ1v) is 10.7. The van der Waals surface area contributed by atoms with Crippen LogP contribution in [0.5, 0.6) is 0 Å². The second-order valence-corrected chi connectivity index (χ2v) is 8.31. The van der Waals surface area contributed by atoms with E-state index in [1.807, 2.05) is 24.4 Å². The van der Waals surface area contributed by atoms with Crippen molar-refractivity contribution in [1.82, 2.24) is 25.5 Å². The van der Waals surface area contributed by atoms with Crippen molar-refractivity contribution in [3.05, 3.63) is 78.7 Å². The van der Waals surface area contributed by atoms with Gasteiger partial charge in [-0.2, -0.15) is 5.10 Å². The lowest BCUT2D eigenvalue weighted by Gasteiger charge is -2.12. The molecule has 0 spiro atoms. The van der Waals surface area contributed by atoms with Crippen LogP contribution in [-0.2, 0) is 0 Å². The molecule has 0 unspecified atom stereocenters. The Kier molecular flexibility index (Phi) is 5.76. The number of aromatic nitrogens is 4. The van der Waals surface area contributed by atoms with E-state index in [4.69, 9.17) is 0 Å². The first kappa shape index (κ1) is 20.7. The number of allylic oxidation sites excluding steroid dienone is 5. The maximum Gasteiger partial charge on any atom is 0.181 e. The first-order valence-electron chi connectivity index (χ1n) is 10.7. The number of nitrogens with one attached hydrogen (secondary N) is 3. The average molecular weight is 412 g/mol. The third-order valence-electron chi connectivity index (χ3n) is 5.24. The van der Waals surface area contributed by atoms with Gasteiger partial charge in [-0.15, -0.1) is 6.58 Å². The molecule has 3 heterocycles. The highest BCUT2D eigenvalue weighted by molar-refractivity contribution is 5.95. The number of hydrogen-bond donors (Lipinski definition) is 3. The van der Waals surface area contributed by atoms with Crippen molar-refractivity contribution in [3.63, 3.8) is 0 Å². The minimum Gasteiger partial charge on any atom is -0.386 e. The minimum atomic E-state index is 0.242. The first-order chi connectivity index (χ1) is 14.9. The summed E-state index contributed by atoms with van der Waals surface area (Å²) in [5, 5.41) is 13.2. The number of nitrogens with zero attached hydrogens (tertiary/aromatic N) is 2. The van der Waals surface area contributed by atoms with E-state index in [0.717, 1.165) is 39.1 Å². The van der Waals surface area contributed by atoms with Gasteiger partial charge in [0.2, 0.25) is 0 Å². The van der Waals surface area contributed by atoms with Crippen LogP contribution in [0.3, 0.4) is 0 Å². The van der Waals surface area contributed by atoms with E-state index in [1.54, 1.807) is 0 Å². The molecule has 0 fully saturated rings. The molecule has 4 rings (SSSR count). The monoisotopic (exact) mass is 411 g/mol. The van der Waals surface area contributed by atoms with E-state index in [-0.39, 0.29) is 5.92 Å². The Bertz CT molecular complexity index is 1250. The SMILES string of the molecule is C=C[C@H](C)/C=C(\C=C(/C)NC(C)C)c1cnc2n[nH]c(-c3cc4ccccc4[nH]3)c2c1. The second-order valence-electron chi connectivity index (χ2n) is 8.31. The summed E-state index contributed by atoms with van der Waals surface area (Å²) in [6, 6.07) is 12.9. The lowest BCUT2D eigenvalue weighted by Crippen LogP contribution is -2.20. The summed E-state index contributed by atoms with van der Waals surface area (Å²) in [6.07, 6.45) is 8.22. The average Bonchev–Trinajstić information content (AvgIpc) is 3.35. The van der Waals surface area contributed by atoms with Gasteiger partial charge in [-0.1, -0.05) is 37.3 Å². The lowest BCUT2D eigenvalue weighted by atomic mass is 9.99. The molecule has 4 aromatic rings. The van der Waals surface area contributed by atoms with Crippen molar-refractivity contribution in [2.75, 3.05) is 0 Å². The molecule has 0 radical (unpaired) electrons. The van der Waals surface area contributed by atoms with Crippen LogP contribution in [0, 0.1) is 5.92 Å². The molecule has 5 heteroatoms. The number of fused-ring (bicyclic) bond motifs is 2. The summed E-state index contributed by atoms with van der Waals surface area (Å²) in [6.45, 7) is 12.4. The third kappa shape index (κ3) is 4.45. The number of H-pyrrole nitrogens is 2. The molecule has 0 saturated carbocycles. The van der Waals surface area contributed by atoms with Gasteiger partial charge in [-0.05, 0) is 56.5 Å². The van der Waals surface area contributed by atoms with E-state index < -0.39 is 0 Å². The number of rotatable bonds is 7. The van der Waals surface area contributed by atoms with Gasteiger partial charge in [0.25, 0.3) is 0 Å². The van der Waals surface area contributed by atoms with Crippen molar-refractivity contribution in [2.24, 2.45) is 5.92 Å². The highest BCUT2D eigenvalue weighted by Crippen LogP contribution is 2.30. The Morgan fingerprint density at radius 3 is 2.71 bits per heavy atom. The molecule has 158 valence electrons. The lowest BCUT2D eigenvalue weighted by molar-refractivity contribution is 0.670. The zero-order valence-electron chi connectivity index (χ0n) is 18.5. The van der Waals surface area contributed by atoms with E-state index in [9.17, 15) is 0 Å². The molecule has 0 aliphatic carbocycles. The molecule has 31 heavy (non-hydrogen) atoms. The third-order valence-corrected chi connectivity index (χ3v) is 5.24. The van der Waals surface area contributed by atoms with E-state index >= 15 is 0 Å². The predicted octanol–water partition coefficient (Wildman–Crippen LogP) is 6.21. The molecule has 5 nitrogen and oxygen atoms in total. The van der Waals surface area contributed by atoms with Crippen LogP contribution in [0.25, 0.3) is 38.9 Å². The quantitative estimate of drug-likeness (QED) is 0.250. The van der Waals surface area contributed by atoms with Crippen LogP contribution in [-0.4, -0.2) is 26.2 Å². The van der Waals surface area contributed by atoms with Crippen LogP contribution in [0.15, 0.2) is 73.1 Å². The Hall–Kier alpha value is -3.60. The van der Waals surface area contributed by atoms with E-state index in [0.29, 0.717) is 11.7 Å². The Morgan fingerprint density at radius 2 is 1.97 bits per heavy atom. The summed E-state index contributed by atoms with van der Waals surface area (Å²) < 4.78 is 0. The summed E-state index contributed by atoms with van der Waals surface area (Å²) >= 11 is 0. The molecule has 0 aliphatic heterocycles. The van der Waals surface area contributed by atoms with E-state index in [1.165, 1.54) is 5.39 Å². The molecule has 0 bridgehead atoms. The predicted molar refractivity (Wildman–Crippen MR) is 131 cm³/mol. The van der Waals surface area contributed by atoms with Crippen LogP contribution in [0.2, 0.25) is 0 Å². The van der Waals surface area contributed by atoms with Gasteiger partial charge in [0.15, 0.2) is 5.65 Å². The normalized spacial score (nSPS) is 13.8. The summed E-state index contributed by atoms with van der Waals surface area (Å²) in [5.74, 6) is 0.242. The smallest absolute Gasteiger partial charge is 0.181 e. The molecule has 1 aromatic carbocycles. The van der Waals surface area contributed by atoms with Gasteiger partial charge in [-0.25, -0.2) is 4.98 Å². The second kappa shape index (κ2) is 8.64. The van der Waals surface area contributed by atoms with Crippen molar-refractivity contribution >= 4 is 27.5 Å². The minimum absolute atomic E-state index is 0.242. The zero-order chi connectivity index (χ0) is 22.0. The Labute approximate surface area is 183 Å². The largest absolute Gasteiger partial charge is 0.386 e. The van der Waals surface area contributed by atoms with Gasteiger partial charge >= 0.3 is 0 Å². The van der Waals surface area contributed by atoms with Gasteiger partial charge < -0.3 is 10.3 Å².